The van der Waals surface area contributed by atoms with Gasteiger partial charge in [0.2, 0.25) is 5.91 Å². The Labute approximate surface area is 182 Å². The highest BCUT2D eigenvalue weighted by Crippen LogP contribution is 2.11. The highest BCUT2D eigenvalue weighted by molar-refractivity contribution is 5.75. The Morgan fingerprint density at radius 3 is 1.62 bits per heavy atom. The van der Waals surface area contributed by atoms with Crippen LogP contribution >= 0.6 is 0 Å². The Morgan fingerprint density at radius 1 is 0.793 bits per heavy atom. The van der Waals surface area contributed by atoms with E-state index >= 15 is 0 Å². The number of unbranched alkanes of at least 4 members (excludes halogenated alkanes) is 10. The van der Waals surface area contributed by atoms with Gasteiger partial charge in [-0.25, -0.2) is 0 Å². The first-order valence-electron chi connectivity index (χ1n) is 11.6. The topological polar surface area (TPSA) is 95.9 Å². The zero-order chi connectivity index (χ0) is 22.6. The smallest absolute Gasteiger partial charge is 0.303 e. The van der Waals surface area contributed by atoms with Crippen LogP contribution in [0.1, 0.15) is 120 Å². The molecule has 0 fully saturated rings. The fraction of sp³-hybridized carbons (Fsp3) is 0.913. The first-order valence-corrected chi connectivity index (χ1v) is 11.6. The summed E-state index contributed by atoms with van der Waals surface area (Å²) in [7, 11) is 1.59. The van der Waals surface area contributed by atoms with Crippen molar-refractivity contribution in [2.75, 3.05) is 20.4 Å². The molecule has 6 nitrogen and oxygen atoms in total. The molecular formula is C23H53NO5. The number of carbonyl (C=O) groups excluding carboxylic acids is 1. The number of carbonyl (C=O) groups is 2. The number of hydrogen-bond donors (Lipinski definition) is 3. The number of aliphatic hydroxyl groups excluding tert-OH is 1. The number of amides is 1. The van der Waals surface area contributed by atoms with E-state index in [9.17, 15) is 9.59 Å². The van der Waals surface area contributed by atoms with Crippen LogP contribution in [0.3, 0.4) is 0 Å². The molecule has 0 saturated heterocycles. The summed E-state index contributed by atoms with van der Waals surface area (Å²) in [5, 5.41) is 19.1. The zero-order valence-electron chi connectivity index (χ0n) is 19.6. The maximum atomic E-state index is 10.5. The number of ether oxygens (including phenoxy) is 1. The monoisotopic (exact) mass is 423 g/mol. The van der Waals surface area contributed by atoms with Gasteiger partial charge in [0, 0.05) is 29.3 Å². The molecular weight excluding hydrogens is 370 g/mol. The second-order valence-corrected chi connectivity index (χ2v) is 7.20. The number of aliphatic carboxylic acids is 1. The highest BCUT2D eigenvalue weighted by atomic mass is 16.6. The molecule has 0 aliphatic heterocycles. The third kappa shape index (κ3) is 42.1. The van der Waals surface area contributed by atoms with Crippen LogP contribution in [0.4, 0.5) is 0 Å². The minimum absolute atomic E-state index is 0. The summed E-state index contributed by atoms with van der Waals surface area (Å²) >= 11 is 0. The van der Waals surface area contributed by atoms with Crippen molar-refractivity contribution in [1.82, 2.24) is 5.32 Å². The third-order valence-corrected chi connectivity index (χ3v) is 4.06. The Hall–Kier alpha value is -1.14. The molecule has 1 amide bonds. The molecule has 0 heterocycles. The molecule has 180 valence electrons. The van der Waals surface area contributed by atoms with Crippen LogP contribution in [0.25, 0.3) is 0 Å². The lowest BCUT2D eigenvalue weighted by Gasteiger charge is -2.01. The molecule has 0 aromatic carbocycles. The predicted octanol–water partition coefficient (Wildman–Crippen LogP) is 6.16. The molecule has 0 saturated carbocycles. The van der Waals surface area contributed by atoms with Gasteiger partial charge in [-0.3, -0.25) is 9.59 Å². The van der Waals surface area contributed by atoms with Crippen molar-refractivity contribution >= 4 is 11.9 Å². The van der Waals surface area contributed by atoms with Crippen LogP contribution in [0.15, 0.2) is 0 Å². The van der Waals surface area contributed by atoms with E-state index in [1.807, 2.05) is 0 Å². The van der Waals surface area contributed by atoms with E-state index in [1.54, 1.807) is 7.05 Å². The summed E-state index contributed by atoms with van der Waals surface area (Å²) in [5.41, 5.74) is 0. The average Bonchev–Trinajstić information content (AvgIpc) is 2.70. The minimum Gasteiger partial charge on any atom is -0.481 e. The molecule has 29 heavy (non-hydrogen) atoms. The highest BCUT2D eigenvalue weighted by Gasteiger charge is 1.97. The Kier molecular flexibility index (Phi) is 35.4. The third-order valence-electron chi connectivity index (χ3n) is 4.06. The maximum Gasteiger partial charge on any atom is 0.303 e. The minimum atomic E-state index is -0.657. The number of carboxylic acid groups (broad SMARTS) is 1. The van der Waals surface area contributed by atoms with E-state index in [2.05, 4.69) is 30.8 Å². The van der Waals surface area contributed by atoms with Gasteiger partial charge in [-0.1, -0.05) is 91.4 Å². The fourth-order valence-electron chi connectivity index (χ4n) is 2.46. The number of nitrogens with one attached hydrogen (secondary N) is 1. The van der Waals surface area contributed by atoms with E-state index in [1.165, 1.54) is 64.2 Å². The van der Waals surface area contributed by atoms with Crippen molar-refractivity contribution in [3.05, 3.63) is 0 Å². The molecule has 0 bridgehead atoms. The zero-order valence-corrected chi connectivity index (χ0v) is 19.6. The first-order chi connectivity index (χ1) is 14.0. The van der Waals surface area contributed by atoms with Gasteiger partial charge in [-0.05, 0) is 12.8 Å². The molecule has 0 spiro atoms. The van der Waals surface area contributed by atoms with Gasteiger partial charge in [0.1, 0.15) is 6.79 Å². The van der Waals surface area contributed by atoms with E-state index in [-0.39, 0.29) is 15.6 Å². The van der Waals surface area contributed by atoms with Crippen LogP contribution in [0, 0.1) is 0 Å². The van der Waals surface area contributed by atoms with Gasteiger partial charge in [-0.2, -0.15) is 0 Å². The lowest BCUT2D eigenvalue weighted by molar-refractivity contribution is -0.137. The second-order valence-electron chi connectivity index (χ2n) is 7.20. The quantitative estimate of drug-likeness (QED) is 0.192. The molecule has 0 rings (SSSR count). The van der Waals surface area contributed by atoms with Crippen molar-refractivity contribution < 1.29 is 27.4 Å². The summed E-state index contributed by atoms with van der Waals surface area (Å²) in [6.45, 7) is 6.66. The summed E-state index contributed by atoms with van der Waals surface area (Å²) in [6, 6.07) is 0. The molecule has 0 atom stereocenters. The number of aliphatic hydroxyl groups is 1. The van der Waals surface area contributed by atoms with Crippen LogP contribution in [-0.4, -0.2) is 42.5 Å². The standard InChI is InChI=1S/C14H28O2.C6H13NO3.C3H8.2H2/c1-2-3-4-5-6-7-8-9-10-11-12-13-14(15)16;1-7-6(9)3-2-4-10-5-8;1-3-2;;/h2-13H2,1H3,(H,15,16);8H,2-5H2,1H3,(H,7,9);3H2,1-2H3;2*1H. The van der Waals surface area contributed by atoms with Gasteiger partial charge in [-0.15, -0.1) is 0 Å². The van der Waals surface area contributed by atoms with Gasteiger partial charge in [0.25, 0.3) is 0 Å². The summed E-state index contributed by atoms with van der Waals surface area (Å²) in [5.74, 6) is -0.655. The predicted molar refractivity (Wildman–Crippen MR) is 125 cm³/mol. The van der Waals surface area contributed by atoms with Crippen molar-refractivity contribution in [2.45, 2.75) is 117 Å². The Morgan fingerprint density at radius 2 is 1.24 bits per heavy atom. The van der Waals surface area contributed by atoms with Gasteiger partial charge in [0.05, 0.1) is 0 Å². The Bertz CT molecular complexity index is 335. The summed E-state index contributed by atoms with van der Waals surface area (Å²) in [4.78, 5) is 20.8. The van der Waals surface area contributed by atoms with Crippen LogP contribution in [-0.2, 0) is 14.3 Å². The lowest BCUT2D eigenvalue weighted by atomic mass is 10.1. The molecule has 3 N–H and O–H groups in total. The van der Waals surface area contributed by atoms with Crippen LogP contribution in [0.2, 0.25) is 0 Å². The van der Waals surface area contributed by atoms with E-state index in [0.29, 0.717) is 25.9 Å². The largest absolute Gasteiger partial charge is 0.481 e. The van der Waals surface area contributed by atoms with Crippen LogP contribution < -0.4 is 5.32 Å². The van der Waals surface area contributed by atoms with Gasteiger partial charge >= 0.3 is 5.97 Å². The van der Waals surface area contributed by atoms with Crippen molar-refractivity contribution in [3.8, 4) is 0 Å². The molecule has 0 aromatic rings. The van der Waals surface area contributed by atoms with E-state index in [0.717, 1.165) is 12.8 Å². The summed E-state index contributed by atoms with van der Waals surface area (Å²) in [6.07, 6.45) is 16.7. The summed E-state index contributed by atoms with van der Waals surface area (Å²) < 4.78 is 4.60. The van der Waals surface area contributed by atoms with Crippen molar-refractivity contribution in [1.29, 1.82) is 0 Å². The lowest BCUT2D eigenvalue weighted by Crippen LogP contribution is -2.17. The fourth-order valence-corrected chi connectivity index (χ4v) is 2.46. The molecule has 6 heteroatoms. The maximum absolute atomic E-state index is 10.5. The average molecular weight is 424 g/mol. The normalized spacial score (nSPS) is 9.69. The second kappa shape index (κ2) is 31.6. The van der Waals surface area contributed by atoms with Crippen LogP contribution in [0.5, 0.6) is 0 Å². The van der Waals surface area contributed by atoms with Crippen molar-refractivity contribution in [2.24, 2.45) is 0 Å². The Balaban J connectivity index is -0.000000130. The molecule has 0 aliphatic rings. The number of carboxylic acids is 1. The van der Waals surface area contributed by atoms with E-state index in [4.69, 9.17) is 10.2 Å². The van der Waals surface area contributed by atoms with E-state index < -0.39 is 5.97 Å². The van der Waals surface area contributed by atoms with Crippen molar-refractivity contribution in [3.63, 3.8) is 0 Å². The molecule has 0 radical (unpaired) electrons. The first kappa shape index (κ1) is 32.5. The van der Waals surface area contributed by atoms with Gasteiger partial charge in [0.15, 0.2) is 0 Å². The SMILES string of the molecule is CCC.CCCCCCCCCCCCCC(=O)O.CNC(=O)CCCOCO.[HH].[HH]. The molecule has 0 aromatic heterocycles. The molecule has 0 unspecified atom stereocenters. The van der Waals surface area contributed by atoms with Gasteiger partial charge < -0.3 is 20.3 Å². The number of hydrogen-bond acceptors (Lipinski definition) is 4. The molecule has 0 aliphatic carbocycles. The number of rotatable bonds is 17.